The first-order valence-corrected chi connectivity index (χ1v) is 7.51. The summed E-state index contributed by atoms with van der Waals surface area (Å²) in [4.78, 5) is 27.7. The molecule has 114 valence electrons. The molecule has 2 amide bonds. The van der Waals surface area contributed by atoms with Crippen molar-refractivity contribution >= 4 is 11.8 Å². The molecule has 20 heavy (non-hydrogen) atoms. The van der Waals surface area contributed by atoms with Gasteiger partial charge in [-0.15, -0.1) is 0 Å². The van der Waals surface area contributed by atoms with Gasteiger partial charge in [-0.05, 0) is 26.7 Å². The van der Waals surface area contributed by atoms with E-state index < -0.39 is 5.92 Å². The molecule has 0 saturated heterocycles. The van der Waals surface area contributed by atoms with Crippen LogP contribution in [-0.2, 0) is 9.59 Å². The van der Waals surface area contributed by atoms with E-state index in [0.717, 1.165) is 12.8 Å². The quantitative estimate of drug-likeness (QED) is 0.649. The fraction of sp³-hybridized carbons (Fsp3) is 0.800. The number of hydrogen-bond acceptors (Lipinski definition) is 3. The molecule has 0 aliphatic rings. The minimum Gasteiger partial charge on any atom is -0.343 e. The average Bonchev–Trinajstić information content (AvgIpc) is 2.45. The first-order valence-electron chi connectivity index (χ1n) is 7.51. The molecule has 0 bridgehead atoms. The fourth-order valence-electron chi connectivity index (χ4n) is 2.15. The topological polar surface area (TPSA) is 64.4 Å². The second kappa shape index (κ2) is 10.2. The third kappa shape index (κ3) is 5.60. The van der Waals surface area contributed by atoms with Crippen molar-refractivity contribution in [1.82, 2.24) is 9.80 Å². The second-order valence-electron chi connectivity index (χ2n) is 4.78. The van der Waals surface area contributed by atoms with Crippen LogP contribution in [0.4, 0.5) is 0 Å². The average molecular weight is 281 g/mol. The van der Waals surface area contributed by atoms with Gasteiger partial charge < -0.3 is 9.80 Å². The Morgan fingerprint density at radius 2 is 1.50 bits per heavy atom. The van der Waals surface area contributed by atoms with E-state index in [0.29, 0.717) is 26.2 Å². The van der Waals surface area contributed by atoms with Crippen LogP contribution in [0, 0.1) is 17.2 Å². The van der Waals surface area contributed by atoms with Crippen LogP contribution >= 0.6 is 0 Å². The summed E-state index contributed by atoms with van der Waals surface area (Å²) in [6.07, 6.45) is 1.76. The third-order valence-corrected chi connectivity index (χ3v) is 3.25. The van der Waals surface area contributed by atoms with Crippen LogP contribution in [0.15, 0.2) is 0 Å². The van der Waals surface area contributed by atoms with Gasteiger partial charge in [0.05, 0.1) is 12.5 Å². The number of amides is 2. The van der Waals surface area contributed by atoms with Gasteiger partial charge >= 0.3 is 0 Å². The Labute approximate surface area is 122 Å². The molecule has 5 nitrogen and oxygen atoms in total. The van der Waals surface area contributed by atoms with E-state index in [-0.39, 0.29) is 18.2 Å². The number of carbonyl (C=O) groups is 2. The first-order chi connectivity index (χ1) is 9.55. The molecule has 0 aromatic rings. The summed E-state index contributed by atoms with van der Waals surface area (Å²) in [6, 6.07) is 1.98. The Morgan fingerprint density at radius 3 is 1.85 bits per heavy atom. The van der Waals surface area contributed by atoms with E-state index in [1.165, 1.54) is 0 Å². The summed E-state index contributed by atoms with van der Waals surface area (Å²) in [5.41, 5.74) is 0. The van der Waals surface area contributed by atoms with Crippen LogP contribution in [0.2, 0.25) is 0 Å². The minimum absolute atomic E-state index is 0.00810. The Balaban J connectivity index is 4.73. The zero-order valence-electron chi connectivity index (χ0n) is 13.2. The Morgan fingerprint density at radius 1 is 1.00 bits per heavy atom. The van der Waals surface area contributed by atoms with Crippen molar-refractivity contribution in [2.24, 2.45) is 5.92 Å². The molecule has 0 spiro atoms. The van der Waals surface area contributed by atoms with Gasteiger partial charge in [-0.25, -0.2) is 0 Å². The number of carbonyl (C=O) groups excluding carboxylic acids is 2. The van der Waals surface area contributed by atoms with Crippen molar-refractivity contribution < 1.29 is 9.59 Å². The highest BCUT2D eigenvalue weighted by Crippen LogP contribution is 2.11. The van der Waals surface area contributed by atoms with Gasteiger partial charge in [0, 0.05) is 26.2 Å². The third-order valence-electron chi connectivity index (χ3n) is 3.25. The van der Waals surface area contributed by atoms with Crippen LogP contribution < -0.4 is 0 Å². The van der Waals surface area contributed by atoms with Gasteiger partial charge in [0.1, 0.15) is 5.92 Å². The lowest BCUT2D eigenvalue weighted by Gasteiger charge is -2.25. The van der Waals surface area contributed by atoms with E-state index in [1.54, 1.807) is 9.80 Å². The van der Waals surface area contributed by atoms with E-state index in [9.17, 15) is 9.59 Å². The summed E-state index contributed by atoms with van der Waals surface area (Å²) >= 11 is 0. The first kappa shape index (κ1) is 18.4. The van der Waals surface area contributed by atoms with E-state index in [4.69, 9.17) is 5.26 Å². The fourth-order valence-corrected chi connectivity index (χ4v) is 2.15. The van der Waals surface area contributed by atoms with Gasteiger partial charge in [0.2, 0.25) is 11.8 Å². The molecule has 0 aromatic carbocycles. The summed E-state index contributed by atoms with van der Waals surface area (Å²) < 4.78 is 0. The molecule has 0 rings (SSSR count). The molecular weight excluding hydrogens is 254 g/mol. The molecule has 0 aliphatic heterocycles. The molecule has 0 aromatic heterocycles. The molecule has 1 unspecified atom stereocenters. The molecular formula is C15H27N3O2. The van der Waals surface area contributed by atoms with E-state index in [1.807, 2.05) is 33.8 Å². The van der Waals surface area contributed by atoms with Crippen LogP contribution in [0.25, 0.3) is 0 Å². The van der Waals surface area contributed by atoms with Gasteiger partial charge in [-0.1, -0.05) is 13.8 Å². The number of rotatable bonds is 9. The van der Waals surface area contributed by atoms with Crippen molar-refractivity contribution in [3.05, 3.63) is 0 Å². The lowest BCUT2D eigenvalue weighted by molar-refractivity contribution is -0.139. The number of hydrogen-bond donors (Lipinski definition) is 0. The Kier molecular flexibility index (Phi) is 9.44. The Bertz CT molecular complexity index is 340. The van der Waals surface area contributed by atoms with E-state index in [2.05, 4.69) is 0 Å². The van der Waals surface area contributed by atoms with Crippen LogP contribution in [0.5, 0.6) is 0 Å². The van der Waals surface area contributed by atoms with Crippen molar-refractivity contribution in [2.75, 3.05) is 26.2 Å². The summed E-state index contributed by atoms with van der Waals surface area (Å²) in [6.45, 7) is 10.3. The lowest BCUT2D eigenvalue weighted by atomic mass is 10.0. The highest BCUT2D eigenvalue weighted by molar-refractivity contribution is 5.87. The molecule has 5 heteroatoms. The minimum atomic E-state index is -0.862. The van der Waals surface area contributed by atoms with Gasteiger partial charge in [0.25, 0.3) is 0 Å². The van der Waals surface area contributed by atoms with E-state index >= 15 is 0 Å². The molecule has 0 saturated carbocycles. The smallest absolute Gasteiger partial charge is 0.240 e. The monoisotopic (exact) mass is 281 g/mol. The van der Waals surface area contributed by atoms with Gasteiger partial charge in [-0.2, -0.15) is 5.26 Å². The Hall–Kier alpha value is -1.57. The van der Waals surface area contributed by atoms with Crippen LogP contribution in [-0.4, -0.2) is 47.8 Å². The van der Waals surface area contributed by atoms with Crippen LogP contribution in [0.1, 0.15) is 47.0 Å². The second-order valence-corrected chi connectivity index (χ2v) is 4.78. The molecule has 0 fully saturated rings. The molecule has 0 radical (unpaired) electrons. The summed E-state index contributed by atoms with van der Waals surface area (Å²) in [7, 11) is 0. The van der Waals surface area contributed by atoms with Gasteiger partial charge in [-0.3, -0.25) is 9.59 Å². The largest absolute Gasteiger partial charge is 0.343 e. The van der Waals surface area contributed by atoms with Crippen LogP contribution in [0.3, 0.4) is 0 Å². The van der Waals surface area contributed by atoms with Gasteiger partial charge in [0.15, 0.2) is 0 Å². The SMILES string of the molecule is CCCN(CCC)C(=O)CC(C#N)C(=O)N(CC)CC. The molecule has 0 heterocycles. The zero-order chi connectivity index (χ0) is 15.5. The van der Waals surface area contributed by atoms with Crippen molar-refractivity contribution in [3.63, 3.8) is 0 Å². The number of nitrogens with zero attached hydrogens (tertiary/aromatic N) is 3. The maximum atomic E-state index is 12.2. The maximum absolute atomic E-state index is 12.2. The van der Waals surface area contributed by atoms with Crippen molar-refractivity contribution in [2.45, 2.75) is 47.0 Å². The molecule has 0 N–H and O–H groups in total. The highest BCUT2D eigenvalue weighted by Gasteiger charge is 2.26. The maximum Gasteiger partial charge on any atom is 0.240 e. The zero-order valence-corrected chi connectivity index (χ0v) is 13.2. The molecule has 1 atom stereocenters. The summed E-state index contributed by atoms with van der Waals surface area (Å²) in [5, 5.41) is 9.16. The predicted octanol–water partition coefficient (Wildman–Crippen LogP) is 2.03. The highest BCUT2D eigenvalue weighted by atomic mass is 16.2. The van der Waals surface area contributed by atoms with Crippen molar-refractivity contribution in [3.8, 4) is 6.07 Å². The lowest BCUT2D eigenvalue weighted by Crippen LogP contribution is -2.39. The number of nitriles is 1. The normalized spacial score (nSPS) is 11.6. The molecule has 0 aliphatic carbocycles. The van der Waals surface area contributed by atoms with Crippen molar-refractivity contribution in [1.29, 1.82) is 5.26 Å². The standard InChI is InChI=1S/C15H27N3O2/c1-5-9-18(10-6-2)14(19)11-13(12-16)15(20)17(7-3)8-4/h13H,5-11H2,1-4H3. The summed E-state index contributed by atoms with van der Waals surface area (Å²) in [5.74, 6) is -1.20. The predicted molar refractivity (Wildman–Crippen MR) is 78.8 cm³/mol.